The first-order valence-corrected chi connectivity index (χ1v) is 9.87. The molecule has 0 aromatic heterocycles. The van der Waals surface area contributed by atoms with Crippen LogP contribution >= 0.6 is 0 Å². The quantitative estimate of drug-likeness (QED) is 0.495. The van der Waals surface area contributed by atoms with Gasteiger partial charge in [-0.15, -0.1) is 0 Å². The summed E-state index contributed by atoms with van der Waals surface area (Å²) in [5.41, 5.74) is 0. The van der Waals surface area contributed by atoms with Crippen LogP contribution in [0.15, 0.2) is 0 Å². The molecule has 0 fully saturated rings. The second-order valence-electron chi connectivity index (χ2n) is 5.66. The van der Waals surface area contributed by atoms with Crippen LogP contribution in [0.5, 0.6) is 0 Å². The highest BCUT2D eigenvalue weighted by molar-refractivity contribution is 7.90. The van der Waals surface area contributed by atoms with Gasteiger partial charge in [-0.1, -0.05) is 57.8 Å². The molecule has 120 valence electrons. The third-order valence-corrected chi connectivity index (χ3v) is 4.44. The fourth-order valence-electron chi connectivity index (χ4n) is 2.23. The molecular weight excluding hydrogens is 276 g/mol. The van der Waals surface area contributed by atoms with E-state index in [2.05, 4.69) is 0 Å². The molecule has 0 aliphatic heterocycles. The maximum atomic E-state index is 10.9. The maximum absolute atomic E-state index is 10.9. The van der Waals surface area contributed by atoms with E-state index in [9.17, 15) is 13.2 Å². The van der Waals surface area contributed by atoms with E-state index in [4.69, 9.17) is 5.11 Å². The third kappa shape index (κ3) is 17.4. The number of carboxylic acids is 1. The first-order chi connectivity index (χ1) is 9.42. The largest absolute Gasteiger partial charge is 0.481 e. The summed E-state index contributed by atoms with van der Waals surface area (Å²) in [6, 6.07) is 0. The average molecular weight is 306 g/mol. The number of hydrogen-bond acceptors (Lipinski definition) is 3. The first-order valence-electron chi connectivity index (χ1n) is 7.81. The van der Waals surface area contributed by atoms with E-state index in [0.29, 0.717) is 12.2 Å². The van der Waals surface area contributed by atoms with Crippen LogP contribution in [0.1, 0.15) is 77.0 Å². The predicted molar refractivity (Wildman–Crippen MR) is 82.8 cm³/mol. The van der Waals surface area contributed by atoms with E-state index in [0.717, 1.165) is 38.5 Å². The Balaban J connectivity index is 3.08. The minimum atomic E-state index is -2.78. The normalized spacial score (nSPS) is 11.7. The zero-order valence-corrected chi connectivity index (χ0v) is 13.6. The molecule has 0 aliphatic rings. The van der Waals surface area contributed by atoms with E-state index in [1.165, 1.54) is 38.4 Å². The van der Waals surface area contributed by atoms with Crippen molar-refractivity contribution in [1.29, 1.82) is 0 Å². The standard InChI is InChI=1S/C15H30O4S/c1-20(18,19)14-12-10-8-6-4-2-3-5-7-9-11-13-15(16)17/h2-14H2,1H3,(H,16,17). The third-order valence-electron chi connectivity index (χ3n) is 3.41. The minimum absolute atomic E-state index is 0.299. The molecule has 0 spiro atoms. The van der Waals surface area contributed by atoms with Gasteiger partial charge in [0.25, 0.3) is 0 Å². The number of hydrogen-bond donors (Lipinski definition) is 1. The Morgan fingerprint density at radius 1 is 0.750 bits per heavy atom. The lowest BCUT2D eigenvalue weighted by atomic mass is 10.1. The van der Waals surface area contributed by atoms with Crippen LogP contribution in [0.4, 0.5) is 0 Å². The van der Waals surface area contributed by atoms with Gasteiger partial charge in [0.2, 0.25) is 0 Å². The Bertz CT molecular complexity index is 336. The molecular formula is C15H30O4S. The van der Waals surface area contributed by atoms with Crippen molar-refractivity contribution in [3.05, 3.63) is 0 Å². The SMILES string of the molecule is CS(=O)(=O)CCCCCCCCCCCCCC(=O)O. The van der Waals surface area contributed by atoms with Crippen LogP contribution < -0.4 is 0 Å². The van der Waals surface area contributed by atoms with Gasteiger partial charge in [-0.05, 0) is 12.8 Å². The van der Waals surface area contributed by atoms with Crippen molar-refractivity contribution in [2.45, 2.75) is 77.0 Å². The van der Waals surface area contributed by atoms with Gasteiger partial charge in [-0.2, -0.15) is 0 Å². The Morgan fingerprint density at radius 3 is 1.45 bits per heavy atom. The maximum Gasteiger partial charge on any atom is 0.303 e. The average Bonchev–Trinajstić information content (AvgIpc) is 2.33. The van der Waals surface area contributed by atoms with Crippen LogP contribution in [-0.4, -0.2) is 31.5 Å². The monoisotopic (exact) mass is 306 g/mol. The lowest BCUT2D eigenvalue weighted by Gasteiger charge is -2.02. The summed E-state index contributed by atoms with van der Waals surface area (Å²) < 4.78 is 21.8. The first kappa shape index (κ1) is 19.4. The zero-order valence-electron chi connectivity index (χ0n) is 12.8. The van der Waals surface area contributed by atoms with Crippen LogP contribution in [0.2, 0.25) is 0 Å². The summed E-state index contributed by atoms with van der Waals surface area (Å²) in [6.45, 7) is 0. The molecule has 0 amide bonds. The van der Waals surface area contributed by atoms with Crippen molar-refractivity contribution >= 4 is 15.8 Å². The second kappa shape index (κ2) is 12.2. The summed E-state index contributed by atoms with van der Waals surface area (Å²) in [6.07, 6.45) is 13.6. The molecule has 1 N–H and O–H groups in total. The summed E-state index contributed by atoms with van der Waals surface area (Å²) >= 11 is 0. The Hall–Kier alpha value is -0.580. The van der Waals surface area contributed by atoms with Gasteiger partial charge in [0, 0.05) is 18.4 Å². The van der Waals surface area contributed by atoms with Crippen molar-refractivity contribution in [2.24, 2.45) is 0 Å². The molecule has 0 heterocycles. The van der Waals surface area contributed by atoms with Gasteiger partial charge >= 0.3 is 5.97 Å². The molecule has 0 bridgehead atoms. The van der Waals surface area contributed by atoms with Crippen LogP contribution in [-0.2, 0) is 14.6 Å². The Labute approximate surface area is 123 Å². The molecule has 0 aliphatic carbocycles. The molecule has 0 atom stereocenters. The van der Waals surface area contributed by atoms with Gasteiger partial charge in [0.1, 0.15) is 9.84 Å². The molecule has 20 heavy (non-hydrogen) atoms. The summed E-state index contributed by atoms with van der Waals surface area (Å²) in [7, 11) is -2.78. The molecule has 0 unspecified atom stereocenters. The topological polar surface area (TPSA) is 71.4 Å². The lowest BCUT2D eigenvalue weighted by Crippen LogP contribution is -2.02. The number of carbonyl (C=O) groups is 1. The lowest BCUT2D eigenvalue weighted by molar-refractivity contribution is -0.137. The summed E-state index contributed by atoms with van der Waals surface area (Å²) in [5.74, 6) is -0.371. The van der Waals surface area contributed by atoms with Crippen molar-refractivity contribution < 1.29 is 18.3 Å². The fourth-order valence-corrected chi connectivity index (χ4v) is 2.96. The number of sulfone groups is 1. The molecule has 0 aromatic carbocycles. The van der Waals surface area contributed by atoms with Gasteiger partial charge in [-0.3, -0.25) is 4.79 Å². The molecule has 4 nitrogen and oxygen atoms in total. The van der Waals surface area contributed by atoms with Crippen molar-refractivity contribution in [1.82, 2.24) is 0 Å². The molecule has 0 saturated heterocycles. The summed E-state index contributed by atoms with van der Waals surface area (Å²) in [4.78, 5) is 10.3. The highest BCUT2D eigenvalue weighted by Gasteiger charge is 2.01. The Kier molecular flexibility index (Phi) is 11.8. The Morgan fingerprint density at radius 2 is 1.10 bits per heavy atom. The van der Waals surface area contributed by atoms with Crippen LogP contribution in [0, 0.1) is 0 Å². The number of rotatable bonds is 14. The van der Waals surface area contributed by atoms with Crippen molar-refractivity contribution in [3.8, 4) is 0 Å². The van der Waals surface area contributed by atoms with E-state index in [1.807, 2.05) is 0 Å². The van der Waals surface area contributed by atoms with Crippen molar-refractivity contribution in [3.63, 3.8) is 0 Å². The van der Waals surface area contributed by atoms with E-state index >= 15 is 0 Å². The van der Waals surface area contributed by atoms with Crippen LogP contribution in [0.25, 0.3) is 0 Å². The minimum Gasteiger partial charge on any atom is -0.481 e. The number of aliphatic carboxylic acids is 1. The number of unbranched alkanes of at least 4 members (excludes halogenated alkanes) is 10. The molecule has 0 radical (unpaired) electrons. The molecule has 0 aromatic rings. The summed E-state index contributed by atoms with van der Waals surface area (Å²) in [5, 5.41) is 8.49. The second-order valence-corrected chi connectivity index (χ2v) is 7.92. The van der Waals surface area contributed by atoms with Gasteiger partial charge < -0.3 is 5.11 Å². The fraction of sp³-hybridized carbons (Fsp3) is 0.933. The van der Waals surface area contributed by atoms with Crippen LogP contribution in [0.3, 0.4) is 0 Å². The van der Waals surface area contributed by atoms with Gasteiger partial charge in [0.15, 0.2) is 0 Å². The predicted octanol–water partition coefficient (Wildman–Crippen LogP) is 3.80. The highest BCUT2D eigenvalue weighted by Crippen LogP contribution is 2.12. The number of carboxylic acid groups (broad SMARTS) is 1. The van der Waals surface area contributed by atoms with E-state index in [-0.39, 0.29) is 0 Å². The molecule has 5 heteroatoms. The van der Waals surface area contributed by atoms with E-state index < -0.39 is 15.8 Å². The zero-order chi connectivity index (χ0) is 15.3. The highest BCUT2D eigenvalue weighted by atomic mass is 32.2. The smallest absolute Gasteiger partial charge is 0.303 e. The van der Waals surface area contributed by atoms with E-state index in [1.54, 1.807) is 0 Å². The molecule has 0 saturated carbocycles. The van der Waals surface area contributed by atoms with Gasteiger partial charge in [-0.25, -0.2) is 8.42 Å². The molecule has 0 rings (SSSR count). The van der Waals surface area contributed by atoms with Gasteiger partial charge in [0.05, 0.1) is 0 Å². The van der Waals surface area contributed by atoms with Crippen molar-refractivity contribution in [2.75, 3.05) is 12.0 Å².